The fourth-order valence-electron chi connectivity index (χ4n) is 3.15. The van der Waals surface area contributed by atoms with Gasteiger partial charge < -0.3 is 15.5 Å². The second-order valence-corrected chi connectivity index (χ2v) is 6.12. The predicted molar refractivity (Wildman–Crippen MR) is 93.2 cm³/mol. The van der Waals surface area contributed by atoms with E-state index in [1.807, 2.05) is 12.1 Å². The van der Waals surface area contributed by atoms with Gasteiger partial charge in [-0.3, -0.25) is 9.59 Å². The summed E-state index contributed by atoms with van der Waals surface area (Å²) in [5, 5.41) is 6.36. The SMILES string of the molecule is Cl.O=C(NCC1CCCNC1)c1ccc(N2CCCC2=O)cc1. The molecule has 1 aromatic carbocycles. The molecule has 2 amide bonds. The molecule has 2 aliphatic heterocycles. The Bertz CT molecular complexity index is 541. The lowest BCUT2D eigenvalue weighted by atomic mass is 9.99. The van der Waals surface area contributed by atoms with Gasteiger partial charge in [-0.05, 0) is 62.5 Å². The molecule has 1 aromatic rings. The van der Waals surface area contributed by atoms with Gasteiger partial charge in [-0.15, -0.1) is 12.4 Å². The minimum absolute atomic E-state index is 0. The van der Waals surface area contributed by atoms with Gasteiger partial charge >= 0.3 is 0 Å². The van der Waals surface area contributed by atoms with E-state index in [9.17, 15) is 9.59 Å². The normalized spacial score (nSPS) is 21.0. The monoisotopic (exact) mass is 337 g/mol. The number of carbonyl (C=O) groups excluding carboxylic acids is 2. The zero-order chi connectivity index (χ0) is 15.4. The summed E-state index contributed by atoms with van der Waals surface area (Å²) < 4.78 is 0. The number of nitrogens with zero attached hydrogens (tertiary/aromatic N) is 1. The Morgan fingerprint density at radius 3 is 2.65 bits per heavy atom. The zero-order valence-electron chi connectivity index (χ0n) is 13.2. The number of rotatable bonds is 4. The van der Waals surface area contributed by atoms with Crippen LogP contribution in [0.5, 0.6) is 0 Å². The summed E-state index contributed by atoms with van der Waals surface area (Å²) in [6, 6.07) is 7.32. The number of hydrogen-bond donors (Lipinski definition) is 2. The minimum Gasteiger partial charge on any atom is -0.352 e. The number of carbonyl (C=O) groups is 2. The van der Waals surface area contributed by atoms with Crippen LogP contribution in [-0.4, -0.2) is 38.0 Å². The molecule has 0 aromatic heterocycles. The Labute approximate surface area is 143 Å². The van der Waals surface area contributed by atoms with Crippen LogP contribution in [0.15, 0.2) is 24.3 Å². The van der Waals surface area contributed by atoms with E-state index in [-0.39, 0.29) is 24.2 Å². The first kappa shape index (κ1) is 17.8. The zero-order valence-corrected chi connectivity index (χ0v) is 14.0. The molecule has 126 valence electrons. The van der Waals surface area contributed by atoms with Gasteiger partial charge in [-0.2, -0.15) is 0 Å². The van der Waals surface area contributed by atoms with Crippen molar-refractivity contribution in [2.75, 3.05) is 31.1 Å². The lowest BCUT2D eigenvalue weighted by Gasteiger charge is -2.23. The highest BCUT2D eigenvalue weighted by molar-refractivity contribution is 5.97. The highest BCUT2D eigenvalue weighted by Gasteiger charge is 2.21. The van der Waals surface area contributed by atoms with E-state index in [0.29, 0.717) is 17.9 Å². The molecule has 0 radical (unpaired) electrons. The molecule has 0 bridgehead atoms. The van der Waals surface area contributed by atoms with Crippen LogP contribution in [0.4, 0.5) is 5.69 Å². The van der Waals surface area contributed by atoms with Crippen LogP contribution in [0.2, 0.25) is 0 Å². The molecule has 1 atom stereocenters. The van der Waals surface area contributed by atoms with E-state index in [0.717, 1.165) is 38.3 Å². The van der Waals surface area contributed by atoms with Gasteiger partial charge in [0.15, 0.2) is 0 Å². The van der Waals surface area contributed by atoms with Crippen LogP contribution in [0.3, 0.4) is 0 Å². The lowest BCUT2D eigenvalue weighted by molar-refractivity contribution is -0.117. The van der Waals surface area contributed by atoms with Crippen molar-refractivity contribution >= 4 is 29.9 Å². The molecule has 0 spiro atoms. The average molecular weight is 338 g/mol. The van der Waals surface area contributed by atoms with Crippen LogP contribution in [0.1, 0.15) is 36.0 Å². The molecule has 0 aliphatic carbocycles. The van der Waals surface area contributed by atoms with Crippen molar-refractivity contribution in [3.8, 4) is 0 Å². The third-order valence-electron chi connectivity index (χ3n) is 4.46. The summed E-state index contributed by atoms with van der Waals surface area (Å²) in [6.07, 6.45) is 3.89. The average Bonchev–Trinajstić information content (AvgIpc) is 3.00. The van der Waals surface area contributed by atoms with Crippen LogP contribution >= 0.6 is 12.4 Å². The molecule has 2 fully saturated rings. The molecule has 23 heavy (non-hydrogen) atoms. The fourth-order valence-corrected chi connectivity index (χ4v) is 3.15. The summed E-state index contributed by atoms with van der Waals surface area (Å²) in [7, 11) is 0. The number of piperidine rings is 1. The molecule has 2 saturated heterocycles. The van der Waals surface area contributed by atoms with Gasteiger partial charge in [-0.25, -0.2) is 0 Å². The van der Waals surface area contributed by atoms with Crippen LogP contribution < -0.4 is 15.5 Å². The van der Waals surface area contributed by atoms with Crippen molar-refractivity contribution in [2.45, 2.75) is 25.7 Å². The number of amides is 2. The van der Waals surface area contributed by atoms with Crippen molar-refractivity contribution in [3.05, 3.63) is 29.8 Å². The van der Waals surface area contributed by atoms with Crippen molar-refractivity contribution in [1.82, 2.24) is 10.6 Å². The first-order valence-electron chi connectivity index (χ1n) is 8.13. The van der Waals surface area contributed by atoms with Gasteiger partial charge in [0, 0.05) is 30.8 Å². The van der Waals surface area contributed by atoms with E-state index in [1.54, 1.807) is 17.0 Å². The quantitative estimate of drug-likeness (QED) is 0.883. The Balaban J connectivity index is 0.00000192. The number of benzene rings is 1. The van der Waals surface area contributed by atoms with Gasteiger partial charge in [0.25, 0.3) is 5.91 Å². The van der Waals surface area contributed by atoms with E-state index in [4.69, 9.17) is 0 Å². The Morgan fingerprint density at radius 2 is 2.04 bits per heavy atom. The molecule has 5 nitrogen and oxygen atoms in total. The Hall–Kier alpha value is -1.59. The number of nitrogens with one attached hydrogen (secondary N) is 2. The fraction of sp³-hybridized carbons (Fsp3) is 0.529. The highest BCUT2D eigenvalue weighted by atomic mass is 35.5. The van der Waals surface area contributed by atoms with Gasteiger partial charge in [-0.1, -0.05) is 0 Å². The maximum absolute atomic E-state index is 12.2. The number of halogens is 1. The van der Waals surface area contributed by atoms with Gasteiger partial charge in [0.05, 0.1) is 0 Å². The third kappa shape index (κ3) is 4.45. The van der Waals surface area contributed by atoms with E-state index < -0.39 is 0 Å². The molecule has 6 heteroatoms. The number of hydrogen-bond acceptors (Lipinski definition) is 3. The molecule has 2 aliphatic rings. The van der Waals surface area contributed by atoms with Crippen molar-refractivity contribution in [3.63, 3.8) is 0 Å². The lowest BCUT2D eigenvalue weighted by Crippen LogP contribution is -2.38. The third-order valence-corrected chi connectivity index (χ3v) is 4.46. The van der Waals surface area contributed by atoms with Crippen LogP contribution in [0, 0.1) is 5.92 Å². The second-order valence-electron chi connectivity index (χ2n) is 6.12. The predicted octanol–water partition coefficient (Wildman–Crippen LogP) is 1.96. The second kappa shape index (κ2) is 8.31. The van der Waals surface area contributed by atoms with Gasteiger partial charge in [0.1, 0.15) is 0 Å². The molecule has 0 saturated carbocycles. The smallest absolute Gasteiger partial charge is 0.251 e. The standard InChI is InChI=1S/C17H23N3O2.ClH/c21-16-4-2-10-20(16)15-7-5-14(6-8-15)17(22)19-12-13-3-1-9-18-11-13;/h5-8,13,18H,1-4,9-12H2,(H,19,22);1H. The first-order valence-corrected chi connectivity index (χ1v) is 8.13. The maximum Gasteiger partial charge on any atom is 0.251 e. The van der Waals surface area contributed by atoms with E-state index in [2.05, 4.69) is 10.6 Å². The van der Waals surface area contributed by atoms with E-state index in [1.165, 1.54) is 12.8 Å². The molecule has 3 rings (SSSR count). The summed E-state index contributed by atoms with van der Waals surface area (Å²) in [6.45, 7) is 3.56. The molecular weight excluding hydrogens is 314 g/mol. The van der Waals surface area contributed by atoms with Crippen molar-refractivity contribution in [1.29, 1.82) is 0 Å². The molecule has 2 N–H and O–H groups in total. The Kier molecular flexibility index (Phi) is 6.42. The summed E-state index contributed by atoms with van der Waals surface area (Å²) in [4.78, 5) is 25.7. The molecule has 2 heterocycles. The Morgan fingerprint density at radius 1 is 1.26 bits per heavy atom. The minimum atomic E-state index is -0.0372. The largest absolute Gasteiger partial charge is 0.352 e. The van der Waals surface area contributed by atoms with Crippen molar-refractivity contribution in [2.24, 2.45) is 5.92 Å². The molecular formula is C17H24ClN3O2. The molecule has 1 unspecified atom stereocenters. The van der Waals surface area contributed by atoms with E-state index >= 15 is 0 Å². The van der Waals surface area contributed by atoms with Crippen LogP contribution in [0.25, 0.3) is 0 Å². The van der Waals surface area contributed by atoms with Gasteiger partial charge in [0.2, 0.25) is 5.91 Å². The maximum atomic E-state index is 12.2. The van der Waals surface area contributed by atoms with Crippen LogP contribution in [-0.2, 0) is 4.79 Å². The first-order chi connectivity index (χ1) is 10.7. The number of anilines is 1. The highest BCUT2D eigenvalue weighted by Crippen LogP contribution is 2.21. The summed E-state index contributed by atoms with van der Waals surface area (Å²) >= 11 is 0. The topological polar surface area (TPSA) is 61.4 Å². The summed E-state index contributed by atoms with van der Waals surface area (Å²) in [5.74, 6) is 0.658. The summed E-state index contributed by atoms with van der Waals surface area (Å²) in [5.41, 5.74) is 1.54. The van der Waals surface area contributed by atoms with Crippen molar-refractivity contribution < 1.29 is 9.59 Å².